The number of para-hydroxylation sites is 1. The van der Waals surface area contributed by atoms with Gasteiger partial charge in [0.1, 0.15) is 0 Å². The number of hydrogen-bond donors (Lipinski definition) is 2. The number of carbonyl (C=O) groups excluding carboxylic acids is 1. The van der Waals surface area contributed by atoms with E-state index in [2.05, 4.69) is 5.32 Å². The molecular formula is C10H15N3O. The van der Waals surface area contributed by atoms with Gasteiger partial charge in [-0.15, -0.1) is 0 Å². The van der Waals surface area contributed by atoms with Gasteiger partial charge in [0.2, 0.25) is 0 Å². The summed E-state index contributed by atoms with van der Waals surface area (Å²) in [6, 6.07) is 9.07. The molecule has 0 saturated carbocycles. The number of hydrogen-bond acceptors (Lipinski definition) is 2. The van der Waals surface area contributed by atoms with Gasteiger partial charge in [-0.25, -0.2) is 4.79 Å². The Labute approximate surface area is 83.7 Å². The fourth-order valence-corrected chi connectivity index (χ4v) is 0.918. The highest BCUT2D eigenvalue weighted by molar-refractivity contribution is 5.89. The molecule has 2 amide bonds. The maximum atomic E-state index is 11.5. The normalized spacial score (nSPS) is 11.9. The monoisotopic (exact) mass is 193 g/mol. The summed E-state index contributed by atoms with van der Waals surface area (Å²) in [7, 11) is 1.66. The number of amides is 2. The second kappa shape index (κ2) is 4.62. The lowest BCUT2D eigenvalue weighted by Gasteiger charge is -2.21. The number of benzene rings is 1. The lowest BCUT2D eigenvalue weighted by atomic mass is 10.3. The second-order valence-corrected chi connectivity index (χ2v) is 3.15. The summed E-state index contributed by atoms with van der Waals surface area (Å²) in [5.41, 5.74) is 6.32. The first kappa shape index (κ1) is 10.5. The summed E-state index contributed by atoms with van der Waals surface area (Å²) < 4.78 is 0. The number of urea groups is 1. The number of rotatable bonds is 2. The molecule has 0 aliphatic heterocycles. The predicted octanol–water partition coefficient (Wildman–Crippen LogP) is 1.45. The molecule has 0 bridgehead atoms. The van der Waals surface area contributed by atoms with E-state index in [1.807, 2.05) is 30.3 Å². The SMILES string of the molecule is CC(N)N(C)C(=O)Nc1ccccc1. The third kappa shape index (κ3) is 2.74. The molecule has 76 valence electrons. The number of anilines is 1. The van der Waals surface area contributed by atoms with Crippen LogP contribution in [0.25, 0.3) is 0 Å². The van der Waals surface area contributed by atoms with Crippen LogP contribution in [0.3, 0.4) is 0 Å². The zero-order valence-electron chi connectivity index (χ0n) is 8.40. The lowest BCUT2D eigenvalue weighted by Crippen LogP contribution is -2.43. The van der Waals surface area contributed by atoms with E-state index >= 15 is 0 Å². The zero-order chi connectivity index (χ0) is 10.6. The third-order valence-corrected chi connectivity index (χ3v) is 1.96. The Morgan fingerprint density at radius 3 is 2.50 bits per heavy atom. The van der Waals surface area contributed by atoms with Gasteiger partial charge in [-0.1, -0.05) is 18.2 Å². The first-order valence-corrected chi connectivity index (χ1v) is 4.45. The highest BCUT2D eigenvalue weighted by atomic mass is 16.2. The van der Waals surface area contributed by atoms with E-state index in [4.69, 9.17) is 5.73 Å². The first-order valence-electron chi connectivity index (χ1n) is 4.45. The van der Waals surface area contributed by atoms with Crippen molar-refractivity contribution in [3.05, 3.63) is 30.3 Å². The molecule has 1 aromatic carbocycles. The van der Waals surface area contributed by atoms with E-state index in [1.165, 1.54) is 4.90 Å². The summed E-state index contributed by atoms with van der Waals surface area (Å²) in [6.45, 7) is 1.75. The van der Waals surface area contributed by atoms with Crippen molar-refractivity contribution >= 4 is 11.7 Å². The van der Waals surface area contributed by atoms with Gasteiger partial charge in [0.15, 0.2) is 0 Å². The summed E-state index contributed by atoms with van der Waals surface area (Å²) in [4.78, 5) is 12.9. The van der Waals surface area contributed by atoms with Crippen molar-refractivity contribution in [1.29, 1.82) is 0 Å². The van der Waals surface area contributed by atoms with Gasteiger partial charge in [-0.3, -0.25) is 0 Å². The van der Waals surface area contributed by atoms with Crippen molar-refractivity contribution in [3.63, 3.8) is 0 Å². The first-order chi connectivity index (χ1) is 6.61. The molecule has 0 aromatic heterocycles. The standard InChI is InChI=1S/C10H15N3O/c1-8(11)13(2)10(14)12-9-6-4-3-5-7-9/h3-8H,11H2,1-2H3,(H,12,14). The van der Waals surface area contributed by atoms with Crippen LogP contribution in [0.2, 0.25) is 0 Å². The Balaban J connectivity index is 2.58. The molecule has 0 aliphatic carbocycles. The summed E-state index contributed by atoms with van der Waals surface area (Å²) in [6.07, 6.45) is -0.293. The van der Waals surface area contributed by atoms with E-state index in [0.29, 0.717) is 0 Å². The summed E-state index contributed by atoms with van der Waals surface area (Å²) in [5, 5.41) is 2.73. The Morgan fingerprint density at radius 1 is 1.43 bits per heavy atom. The quantitative estimate of drug-likeness (QED) is 0.698. The largest absolute Gasteiger partial charge is 0.322 e. The van der Waals surface area contributed by atoms with Crippen LogP contribution in [0.15, 0.2) is 30.3 Å². The molecule has 3 N–H and O–H groups in total. The topological polar surface area (TPSA) is 58.4 Å². The van der Waals surface area contributed by atoms with Gasteiger partial charge in [0.25, 0.3) is 0 Å². The molecule has 1 atom stereocenters. The fraction of sp³-hybridized carbons (Fsp3) is 0.300. The van der Waals surface area contributed by atoms with E-state index in [-0.39, 0.29) is 12.2 Å². The van der Waals surface area contributed by atoms with Crippen molar-refractivity contribution < 1.29 is 4.79 Å². The molecule has 0 fully saturated rings. The second-order valence-electron chi connectivity index (χ2n) is 3.15. The highest BCUT2D eigenvalue weighted by Gasteiger charge is 2.11. The van der Waals surface area contributed by atoms with Gasteiger partial charge < -0.3 is 16.0 Å². The van der Waals surface area contributed by atoms with Gasteiger partial charge in [-0.2, -0.15) is 0 Å². The molecule has 0 heterocycles. The molecular weight excluding hydrogens is 178 g/mol. The minimum atomic E-state index is -0.293. The average Bonchev–Trinajstić information content (AvgIpc) is 2.18. The summed E-state index contributed by atoms with van der Waals surface area (Å²) >= 11 is 0. The number of nitrogens with zero attached hydrogens (tertiary/aromatic N) is 1. The zero-order valence-corrected chi connectivity index (χ0v) is 8.40. The van der Waals surface area contributed by atoms with Crippen LogP contribution in [0.1, 0.15) is 6.92 Å². The highest BCUT2D eigenvalue weighted by Crippen LogP contribution is 2.06. The molecule has 0 aliphatic rings. The van der Waals surface area contributed by atoms with Crippen molar-refractivity contribution in [2.24, 2.45) is 5.73 Å². The molecule has 0 spiro atoms. The molecule has 0 radical (unpaired) electrons. The van der Waals surface area contributed by atoms with Gasteiger partial charge in [-0.05, 0) is 19.1 Å². The van der Waals surface area contributed by atoms with E-state index in [9.17, 15) is 4.79 Å². The molecule has 4 nitrogen and oxygen atoms in total. The van der Waals surface area contributed by atoms with Gasteiger partial charge in [0.05, 0.1) is 6.17 Å². The van der Waals surface area contributed by atoms with Crippen LogP contribution in [0, 0.1) is 0 Å². The van der Waals surface area contributed by atoms with Crippen LogP contribution >= 0.6 is 0 Å². The average molecular weight is 193 g/mol. The number of nitrogens with one attached hydrogen (secondary N) is 1. The Kier molecular flexibility index (Phi) is 3.48. The number of carbonyl (C=O) groups is 1. The number of nitrogens with two attached hydrogens (primary N) is 1. The van der Waals surface area contributed by atoms with Gasteiger partial charge in [0, 0.05) is 12.7 Å². The molecule has 1 rings (SSSR count). The summed E-state index contributed by atoms with van der Waals surface area (Å²) in [5.74, 6) is 0. The van der Waals surface area contributed by atoms with Crippen LogP contribution in [0.5, 0.6) is 0 Å². The minimum Gasteiger partial charge on any atom is -0.313 e. The maximum absolute atomic E-state index is 11.5. The van der Waals surface area contributed by atoms with Crippen LogP contribution in [-0.4, -0.2) is 24.1 Å². The van der Waals surface area contributed by atoms with Crippen LogP contribution in [-0.2, 0) is 0 Å². The smallest absolute Gasteiger partial charge is 0.313 e. The Bertz CT molecular complexity index is 297. The maximum Gasteiger partial charge on any atom is 0.322 e. The lowest BCUT2D eigenvalue weighted by molar-refractivity contribution is 0.209. The Hall–Kier alpha value is -1.55. The van der Waals surface area contributed by atoms with Crippen LogP contribution in [0.4, 0.5) is 10.5 Å². The molecule has 4 heteroatoms. The van der Waals surface area contributed by atoms with E-state index < -0.39 is 0 Å². The van der Waals surface area contributed by atoms with E-state index in [1.54, 1.807) is 14.0 Å². The minimum absolute atomic E-state index is 0.203. The van der Waals surface area contributed by atoms with Gasteiger partial charge >= 0.3 is 6.03 Å². The third-order valence-electron chi connectivity index (χ3n) is 1.96. The van der Waals surface area contributed by atoms with Crippen molar-refractivity contribution in [2.75, 3.05) is 12.4 Å². The van der Waals surface area contributed by atoms with E-state index in [0.717, 1.165) is 5.69 Å². The molecule has 1 unspecified atom stereocenters. The van der Waals surface area contributed by atoms with Crippen molar-refractivity contribution in [3.8, 4) is 0 Å². The molecule has 1 aromatic rings. The van der Waals surface area contributed by atoms with Crippen LogP contribution < -0.4 is 11.1 Å². The molecule has 14 heavy (non-hydrogen) atoms. The predicted molar refractivity (Wildman–Crippen MR) is 56.9 cm³/mol. The Morgan fingerprint density at radius 2 is 2.00 bits per heavy atom. The van der Waals surface area contributed by atoms with Crippen molar-refractivity contribution in [2.45, 2.75) is 13.1 Å². The van der Waals surface area contributed by atoms with Crippen molar-refractivity contribution in [1.82, 2.24) is 4.90 Å². The molecule has 0 saturated heterocycles. The fourth-order valence-electron chi connectivity index (χ4n) is 0.918.